The van der Waals surface area contributed by atoms with Crippen LogP contribution in [0.25, 0.3) is 11.1 Å². The van der Waals surface area contributed by atoms with Crippen LogP contribution in [0.1, 0.15) is 12.8 Å². The summed E-state index contributed by atoms with van der Waals surface area (Å²) in [4.78, 5) is 12.2. The maximum Gasteiger partial charge on any atom is 0.138 e. The number of nitrogens with zero attached hydrogens (tertiary/aromatic N) is 3. The molecule has 0 spiro atoms. The van der Waals surface area contributed by atoms with Crippen molar-refractivity contribution in [2.24, 2.45) is 0 Å². The van der Waals surface area contributed by atoms with E-state index in [1.165, 1.54) is 19.2 Å². The summed E-state index contributed by atoms with van der Waals surface area (Å²) in [6.45, 7) is 1.78. The fourth-order valence-electron chi connectivity index (χ4n) is 2.20. The molecular weight excluding hydrogens is 240 g/mol. The van der Waals surface area contributed by atoms with Crippen molar-refractivity contribution >= 4 is 0 Å². The van der Waals surface area contributed by atoms with E-state index >= 15 is 0 Å². The first kappa shape index (κ1) is 12.0. The molecule has 98 valence electrons. The lowest BCUT2D eigenvalue weighted by molar-refractivity contribution is 0.276. The third-order valence-corrected chi connectivity index (χ3v) is 3.22. The third-order valence-electron chi connectivity index (χ3n) is 3.22. The van der Waals surface area contributed by atoms with Crippen molar-refractivity contribution in [1.29, 1.82) is 0 Å². The maximum absolute atomic E-state index is 5.79. The van der Waals surface area contributed by atoms with Gasteiger partial charge >= 0.3 is 0 Å². The van der Waals surface area contributed by atoms with E-state index in [2.05, 4.69) is 20.3 Å². The number of pyridine rings is 1. The van der Waals surface area contributed by atoms with E-state index in [1.807, 2.05) is 6.07 Å². The maximum atomic E-state index is 5.79. The van der Waals surface area contributed by atoms with E-state index in [-0.39, 0.29) is 0 Å². The van der Waals surface area contributed by atoms with Crippen LogP contribution in [-0.4, -0.2) is 34.1 Å². The van der Waals surface area contributed by atoms with Gasteiger partial charge in [0.05, 0.1) is 6.20 Å². The van der Waals surface area contributed by atoms with Crippen LogP contribution in [0.3, 0.4) is 0 Å². The molecule has 0 bridgehead atoms. The van der Waals surface area contributed by atoms with Gasteiger partial charge in [-0.3, -0.25) is 4.98 Å². The lowest BCUT2D eigenvalue weighted by atomic mass is 10.1. The number of ether oxygens (including phenoxy) is 1. The average Bonchev–Trinajstić information content (AvgIpc) is 3.00. The molecule has 5 heteroatoms. The van der Waals surface area contributed by atoms with E-state index < -0.39 is 0 Å². The molecule has 0 aromatic carbocycles. The predicted octanol–water partition coefficient (Wildman–Crippen LogP) is 1.67. The van der Waals surface area contributed by atoms with Gasteiger partial charge in [-0.2, -0.15) is 0 Å². The summed E-state index contributed by atoms with van der Waals surface area (Å²) in [5.74, 6) is 0.787. The summed E-state index contributed by atoms with van der Waals surface area (Å²) < 4.78 is 5.79. The zero-order valence-electron chi connectivity index (χ0n) is 10.6. The van der Waals surface area contributed by atoms with Gasteiger partial charge in [-0.15, -0.1) is 0 Å². The number of hydrogen-bond acceptors (Lipinski definition) is 5. The lowest BCUT2D eigenvalue weighted by Crippen LogP contribution is -2.28. The molecule has 3 heterocycles. The molecule has 1 N–H and O–H groups in total. The van der Waals surface area contributed by atoms with Gasteiger partial charge in [0.1, 0.15) is 18.7 Å². The SMILES string of the molecule is c1ncc(-c2cncc(OC[C@@H]3CCCN3)c2)cn1. The molecule has 1 saturated heterocycles. The predicted molar refractivity (Wildman–Crippen MR) is 71.8 cm³/mol. The fourth-order valence-corrected chi connectivity index (χ4v) is 2.20. The first-order valence-corrected chi connectivity index (χ1v) is 6.48. The van der Waals surface area contributed by atoms with Crippen molar-refractivity contribution in [3.63, 3.8) is 0 Å². The smallest absolute Gasteiger partial charge is 0.138 e. The molecular formula is C14H16N4O. The summed E-state index contributed by atoms with van der Waals surface area (Å²) >= 11 is 0. The van der Waals surface area contributed by atoms with E-state index in [1.54, 1.807) is 24.8 Å². The Morgan fingerprint density at radius 1 is 1.11 bits per heavy atom. The van der Waals surface area contributed by atoms with Crippen LogP contribution in [0.2, 0.25) is 0 Å². The molecule has 0 amide bonds. The van der Waals surface area contributed by atoms with Crippen LogP contribution in [0.5, 0.6) is 5.75 Å². The summed E-state index contributed by atoms with van der Waals surface area (Å²) in [6.07, 6.45) is 11.0. The van der Waals surface area contributed by atoms with Gasteiger partial charge in [-0.05, 0) is 25.5 Å². The van der Waals surface area contributed by atoms with E-state index in [0.717, 1.165) is 23.4 Å². The minimum absolute atomic E-state index is 0.462. The van der Waals surface area contributed by atoms with Gasteiger partial charge in [-0.1, -0.05) is 0 Å². The first-order chi connectivity index (χ1) is 9.42. The molecule has 2 aromatic heterocycles. The molecule has 1 aliphatic rings. The first-order valence-electron chi connectivity index (χ1n) is 6.48. The van der Waals surface area contributed by atoms with Crippen LogP contribution in [0.4, 0.5) is 0 Å². The topological polar surface area (TPSA) is 59.9 Å². The largest absolute Gasteiger partial charge is 0.490 e. The van der Waals surface area contributed by atoms with Crippen LogP contribution in [0, 0.1) is 0 Å². The number of aromatic nitrogens is 3. The second-order valence-electron chi connectivity index (χ2n) is 4.64. The van der Waals surface area contributed by atoms with E-state index in [9.17, 15) is 0 Å². The zero-order chi connectivity index (χ0) is 12.9. The van der Waals surface area contributed by atoms with E-state index in [4.69, 9.17) is 4.74 Å². The van der Waals surface area contributed by atoms with Crippen molar-refractivity contribution in [1.82, 2.24) is 20.3 Å². The summed E-state index contributed by atoms with van der Waals surface area (Å²) in [5, 5.41) is 3.41. The van der Waals surface area contributed by atoms with Gasteiger partial charge in [-0.25, -0.2) is 9.97 Å². The molecule has 0 aliphatic carbocycles. The molecule has 3 rings (SSSR count). The van der Waals surface area contributed by atoms with Crippen LogP contribution < -0.4 is 10.1 Å². The fraction of sp³-hybridized carbons (Fsp3) is 0.357. The normalized spacial score (nSPS) is 18.4. The molecule has 0 radical (unpaired) electrons. The van der Waals surface area contributed by atoms with E-state index in [0.29, 0.717) is 12.6 Å². The second kappa shape index (κ2) is 5.75. The highest BCUT2D eigenvalue weighted by Crippen LogP contribution is 2.21. The highest BCUT2D eigenvalue weighted by atomic mass is 16.5. The zero-order valence-corrected chi connectivity index (χ0v) is 10.6. The Morgan fingerprint density at radius 3 is 2.74 bits per heavy atom. The van der Waals surface area contributed by atoms with Crippen molar-refractivity contribution in [2.75, 3.05) is 13.2 Å². The summed E-state index contributed by atoms with van der Waals surface area (Å²) in [7, 11) is 0. The number of rotatable bonds is 4. The average molecular weight is 256 g/mol. The van der Waals surface area contributed by atoms with Crippen molar-refractivity contribution < 1.29 is 4.74 Å². The number of nitrogens with one attached hydrogen (secondary N) is 1. The summed E-state index contributed by atoms with van der Waals surface area (Å²) in [6, 6.07) is 2.43. The lowest BCUT2D eigenvalue weighted by Gasteiger charge is -2.12. The van der Waals surface area contributed by atoms with Gasteiger partial charge in [0.2, 0.25) is 0 Å². The Bertz CT molecular complexity index is 526. The second-order valence-corrected chi connectivity index (χ2v) is 4.64. The number of hydrogen-bond donors (Lipinski definition) is 1. The minimum atomic E-state index is 0.462. The van der Waals surface area contributed by atoms with Crippen LogP contribution in [0.15, 0.2) is 37.2 Å². The quantitative estimate of drug-likeness (QED) is 0.901. The monoisotopic (exact) mass is 256 g/mol. The standard InChI is InChI=1S/C14H16N4O/c1-2-13(18-3-1)9-19-14-4-11(5-15-8-14)12-6-16-10-17-7-12/h4-8,10,13,18H,1-3,9H2/t13-/m0/s1. The molecule has 2 aromatic rings. The minimum Gasteiger partial charge on any atom is -0.490 e. The molecule has 0 unspecified atom stereocenters. The van der Waals surface area contributed by atoms with Crippen molar-refractivity contribution in [3.05, 3.63) is 37.2 Å². The van der Waals surface area contributed by atoms with Gasteiger partial charge in [0.25, 0.3) is 0 Å². The highest BCUT2D eigenvalue weighted by molar-refractivity contribution is 5.61. The van der Waals surface area contributed by atoms with Gasteiger partial charge in [0, 0.05) is 35.8 Å². The molecule has 19 heavy (non-hydrogen) atoms. The molecule has 1 atom stereocenters. The van der Waals surface area contributed by atoms with Crippen molar-refractivity contribution in [2.45, 2.75) is 18.9 Å². The van der Waals surface area contributed by atoms with Crippen LogP contribution >= 0.6 is 0 Å². The Balaban J connectivity index is 1.69. The molecule has 5 nitrogen and oxygen atoms in total. The third kappa shape index (κ3) is 3.06. The summed E-state index contributed by atoms with van der Waals surface area (Å²) in [5.41, 5.74) is 1.91. The molecule has 1 aliphatic heterocycles. The van der Waals surface area contributed by atoms with Crippen molar-refractivity contribution in [3.8, 4) is 16.9 Å². The molecule has 1 fully saturated rings. The molecule has 0 saturated carbocycles. The Labute approximate surface area is 112 Å². The van der Waals surface area contributed by atoms with Gasteiger partial charge < -0.3 is 10.1 Å². The van der Waals surface area contributed by atoms with Gasteiger partial charge in [0.15, 0.2) is 0 Å². The van der Waals surface area contributed by atoms with Crippen LogP contribution in [-0.2, 0) is 0 Å². The Kier molecular flexibility index (Phi) is 3.65. The Hall–Kier alpha value is -2.01. The highest BCUT2D eigenvalue weighted by Gasteiger charge is 2.14. The Morgan fingerprint density at radius 2 is 1.95 bits per heavy atom.